The Hall–Kier alpha value is -2.40. The van der Waals surface area contributed by atoms with E-state index in [4.69, 9.17) is 5.11 Å². The topological polar surface area (TPSA) is 73.4 Å². The summed E-state index contributed by atoms with van der Waals surface area (Å²) in [5, 5.41) is 9.11. The molecule has 0 aliphatic carbocycles. The maximum absolute atomic E-state index is 12.1. The quantitative estimate of drug-likeness (QED) is 0.878. The Balaban J connectivity index is 1.63. The predicted octanol–water partition coefficient (Wildman–Crippen LogP) is 2.75. The zero-order valence-corrected chi connectivity index (χ0v) is 14.7. The van der Waals surface area contributed by atoms with Gasteiger partial charge in [0.05, 0.1) is 5.56 Å². The SMILES string of the molecule is Cc1c[nH]c(CN2CC[C@@H](Cc3cccc(C(=O)O)c3)C2)c(C)c1=O. The van der Waals surface area contributed by atoms with Gasteiger partial charge in [0.2, 0.25) is 0 Å². The molecule has 1 atom stereocenters. The minimum atomic E-state index is -0.881. The van der Waals surface area contributed by atoms with Crippen molar-refractivity contribution in [2.24, 2.45) is 5.92 Å². The number of aryl methyl sites for hydroxylation is 1. The number of carboxylic acid groups (broad SMARTS) is 1. The van der Waals surface area contributed by atoms with Gasteiger partial charge in [0.1, 0.15) is 0 Å². The molecule has 25 heavy (non-hydrogen) atoms. The number of H-pyrrole nitrogens is 1. The first kappa shape index (κ1) is 17.4. The van der Waals surface area contributed by atoms with Gasteiger partial charge >= 0.3 is 5.97 Å². The molecule has 2 aromatic rings. The molecule has 1 aliphatic rings. The standard InChI is InChI=1S/C20H24N2O3/c1-13-10-21-18(14(2)19(13)23)12-22-7-6-16(11-22)8-15-4-3-5-17(9-15)20(24)25/h3-5,9-10,16H,6-8,11-12H2,1-2H3,(H,21,23)(H,24,25)/t16-/m0/s1. The summed E-state index contributed by atoms with van der Waals surface area (Å²) in [5.41, 5.74) is 4.09. The van der Waals surface area contributed by atoms with E-state index in [1.165, 1.54) is 0 Å². The summed E-state index contributed by atoms with van der Waals surface area (Å²) in [7, 11) is 0. The van der Waals surface area contributed by atoms with Crippen molar-refractivity contribution in [3.05, 3.63) is 68.6 Å². The lowest BCUT2D eigenvalue weighted by molar-refractivity contribution is 0.0696. The average molecular weight is 340 g/mol. The lowest BCUT2D eigenvalue weighted by atomic mass is 9.97. The van der Waals surface area contributed by atoms with E-state index in [1.54, 1.807) is 18.3 Å². The molecule has 0 radical (unpaired) electrons. The fraction of sp³-hybridized carbons (Fsp3) is 0.400. The molecule has 0 unspecified atom stereocenters. The third-order valence-electron chi connectivity index (χ3n) is 5.06. The Labute approximate surface area is 147 Å². The fourth-order valence-electron chi connectivity index (χ4n) is 3.58. The van der Waals surface area contributed by atoms with Crippen molar-refractivity contribution >= 4 is 5.97 Å². The summed E-state index contributed by atoms with van der Waals surface area (Å²) in [5.74, 6) is -0.366. The van der Waals surface area contributed by atoms with Gasteiger partial charge in [-0.15, -0.1) is 0 Å². The molecule has 1 aromatic heterocycles. The van der Waals surface area contributed by atoms with Crippen LogP contribution in [0.4, 0.5) is 0 Å². The van der Waals surface area contributed by atoms with E-state index in [-0.39, 0.29) is 5.43 Å². The minimum Gasteiger partial charge on any atom is -0.478 e. The predicted molar refractivity (Wildman–Crippen MR) is 97.0 cm³/mol. The van der Waals surface area contributed by atoms with Crippen LogP contribution in [0, 0.1) is 19.8 Å². The first-order valence-corrected chi connectivity index (χ1v) is 8.66. The van der Waals surface area contributed by atoms with E-state index in [2.05, 4.69) is 9.88 Å². The van der Waals surface area contributed by atoms with Crippen LogP contribution in [-0.4, -0.2) is 34.0 Å². The Morgan fingerprint density at radius 2 is 2.16 bits per heavy atom. The van der Waals surface area contributed by atoms with Gasteiger partial charge in [-0.25, -0.2) is 4.79 Å². The van der Waals surface area contributed by atoms with Crippen LogP contribution < -0.4 is 5.43 Å². The summed E-state index contributed by atoms with van der Waals surface area (Å²) in [6.45, 7) is 6.43. The van der Waals surface area contributed by atoms with Crippen LogP contribution in [0.2, 0.25) is 0 Å². The third-order valence-corrected chi connectivity index (χ3v) is 5.06. The fourth-order valence-corrected chi connectivity index (χ4v) is 3.58. The number of aromatic carboxylic acids is 1. The maximum Gasteiger partial charge on any atom is 0.335 e. The number of aromatic amines is 1. The van der Waals surface area contributed by atoms with Gasteiger partial charge in [-0.1, -0.05) is 12.1 Å². The van der Waals surface area contributed by atoms with Gasteiger partial charge in [-0.3, -0.25) is 9.69 Å². The number of likely N-dealkylation sites (tertiary alicyclic amines) is 1. The second kappa shape index (κ2) is 7.23. The molecule has 2 heterocycles. The summed E-state index contributed by atoms with van der Waals surface area (Å²) >= 11 is 0. The molecular formula is C20H24N2O3. The number of carboxylic acids is 1. The molecule has 2 N–H and O–H groups in total. The van der Waals surface area contributed by atoms with Crippen molar-refractivity contribution < 1.29 is 9.90 Å². The van der Waals surface area contributed by atoms with Crippen LogP contribution in [0.25, 0.3) is 0 Å². The Bertz CT molecular complexity index is 841. The largest absolute Gasteiger partial charge is 0.478 e. The Kier molecular flexibility index (Phi) is 5.04. The smallest absolute Gasteiger partial charge is 0.335 e. The third kappa shape index (κ3) is 3.99. The van der Waals surface area contributed by atoms with E-state index in [1.807, 2.05) is 26.0 Å². The van der Waals surface area contributed by atoms with Gasteiger partial charge in [-0.05, 0) is 56.8 Å². The van der Waals surface area contributed by atoms with Gasteiger partial charge in [0.25, 0.3) is 0 Å². The zero-order valence-electron chi connectivity index (χ0n) is 14.7. The van der Waals surface area contributed by atoms with Crippen molar-refractivity contribution in [1.29, 1.82) is 0 Å². The van der Waals surface area contributed by atoms with Gasteiger partial charge in [0.15, 0.2) is 5.43 Å². The highest BCUT2D eigenvalue weighted by Gasteiger charge is 2.23. The molecule has 0 spiro atoms. The number of nitrogens with zero attached hydrogens (tertiary/aromatic N) is 1. The molecular weight excluding hydrogens is 316 g/mol. The number of rotatable bonds is 5. The molecule has 5 heteroatoms. The highest BCUT2D eigenvalue weighted by molar-refractivity contribution is 5.87. The summed E-state index contributed by atoms with van der Waals surface area (Å²) in [4.78, 5) is 28.8. The summed E-state index contributed by atoms with van der Waals surface area (Å²) in [6, 6.07) is 7.21. The highest BCUT2D eigenvalue weighted by Crippen LogP contribution is 2.23. The lowest BCUT2D eigenvalue weighted by Crippen LogP contribution is -2.24. The average Bonchev–Trinajstić information content (AvgIpc) is 3.02. The van der Waals surface area contributed by atoms with E-state index in [0.29, 0.717) is 11.5 Å². The summed E-state index contributed by atoms with van der Waals surface area (Å²) in [6.07, 6.45) is 3.77. The van der Waals surface area contributed by atoms with E-state index in [0.717, 1.165) is 54.9 Å². The molecule has 5 nitrogen and oxygen atoms in total. The van der Waals surface area contributed by atoms with E-state index < -0.39 is 5.97 Å². The number of pyridine rings is 1. The van der Waals surface area contributed by atoms with Crippen molar-refractivity contribution in [3.63, 3.8) is 0 Å². The second-order valence-corrected chi connectivity index (χ2v) is 7.00. The molecule has 1 fully saturated rings. The monoisotopic (exact) mass is 340 g/mol. The van der Waals surface area contributed by atoms with Crippen LogP contribution >= 0.6 is 0 Å². The lowest BCUT2D eigenvalue weighted by Gasteiger charge is -2.17. The molecule has 1 aliphatic heterocycles. The number of aromatic nitrogens is 1. The van der Waals surface area contributed by atoms with Crippen LogP contribution in [0.15, 0.2) is 35.3 Å². The molecule has 132 valence electrons. The molecule has 1 aromatic carbocycles. The highest BCUT2D eigenvalue weighted by atomic mass is 16.4. The van der Waals surface area contributed by atoms with E-state index >= 15 is 0 Å². The van der Waals surface area contributed by atoms with Crippen LogP contribution in [-0.2, 0) is 13.0 Å². The first-order chi connectivity index (χ1) is 11.9. The number of hydrogen-bond acceptors (Lipinski definition) is 3. The number of nitrogens with one attached hydrogen (secondary N) is 1. The van der Waals surface area contributed by atoms with Gasteiger partial charge in [-0.2, -0.15) is 0 Å². The molecule has 1 saturated heterocycles. The zero-order chi connectivity index (χ0) is 18.0. The van der Waals surface area contributed by atoms with Crippen molar-refractivity contribution in [2.45, 2.75) is 33.2 Å². The van der Waals surface area contributed by atoms with Crippen molar-refractivity contribution in [3.8, 4) is 0 Å². The second-order valence-electron chi connectivity index (χ2n) is 7.00. The van der Waals surface area contributed by atoms with Crippen LogP contribution in [0.3, 0.4) is 0 Å². The van der Waals surface area contributed by atoms with Crippen molar-refractivity contribution in [2.75, 3.05) is 13.1 Å². The Morgan fingerprint density at radius 3 is 2.92 bits per heavy atom. The Morgan fingerprint density at radius 1 is 1.36 bits per heavy atom. The number of carbonyl (C=O) groups is 1. The van der Waals surface area contributed by atoms with Gasteiger partial charge < -0.3 is 10.1 Å². The summed E-state index contributed by atoms with van der Waals surface area (Å²) < 4.78 is 0. The minimum absolute atomic E-state index is 0.120. The van der Waals surface area contributed by atoms with Gasteiger partial charge in [0, 0.05) is 36.1 Å². The molecule has 0 bridgehead atoms. The van der Waals surface area contributed by atoms with E-state index in [9.17, 15) is 9.59 Å². The number of hydrogen-bond donors (Lipinski definition) is 2. The van der Waals surface area contributed by atoms with Crippen molar-refractivity contribution in [1.82, 2.24) is 9.88 Å². The molecule has 0 amide bonds. The van der Waals surface area contributed by atoms with Crippen LogP contribution in [0.1, 0.15) is 39.2 Å². The molecule has 3 rings (SSSR count). The van der Waals surface area contributed by atoms with Crippen LogP contribution in [0.5, 0.6) is 0 Å². The first-order valence-electron chi connectivity index (χ1n) is 8.66. The normalized spacial score (nSPS) is 17.8. The number of benzene rings is 1. The maximum atomic E-state index is 12.1. The molecule has 0 saturated carbocycles.